The van der Waals surface area contributed by atoms with Crippen LogP contribution in [0.15, 0.2) is 54.1 Å². The number of hydrogen-bond acceptors (Lipinski definition) is 5. The lowest BCUT2D eigenvalue weighted by molar-refractivity contribution is -0.908. The van der Waals surface area contributed by atoms with E-state index in [0.717, 1.165) is 56.8 Å². The standard InChI is InChI=1S/C30H38N2O5/c1-4-22-6-8-23(9-7-22)27-26(28(33)24-10-12-25(13-11-24)37-20-21(2)3)29(34)30(35)32(27)15-5-14-31-16-18-36-19-17-31/h6-13,21,27,33H,4-5,14-20H2,1-3H3. The first-order valence-corrected chi connectivity index (χ1v) is 13.4. The molecule has 37 heavy (non-hydrogen) atoms. The lowest BCUT2D eigenvalue weighted by Gasteiger charge is -2.29. The van der Waals surface area contributed by atoms with Gasteiger partial charge in [0.1, 0.15) is 18.8 Å². The largest absolute Gasteiger partial charge is 0.872 e. The van der Waals surface area contributed by atoms with Gasteiger partial charge in [-0.2, -0.15) is 0 Å². The maximum Gasteiger partial charge on any atom is 0.295 e. The minimum atomic E-state index is -0.701. The fourth-order valence-corrected chi connectivity index (χ4v) is 4.91. The van der Waals surface area contributed by atoms with Crippen LogP contribution in [0.25, 0.3) is 5.76 Å². The van der Waals surface area contributed by atoms with E-state index >= 15 is 0 Å². The average molecular weight is 507 g/mol. The summed E-state index contributed by atoms with van der Waals surface area (Å²) in [4.78, 5) is 29.5. The third kappa shape index (κ3) is 6.40. The van der Waals surface area contributed by atoms with E-state index in [1.54, 1.807) is 29.2 Å². The van der Waals surface area contributed by atoms with Gasteiger partial charge >= 0.3 is 0 Å². The van der Waals surface area contributed by atoms with Gasteiger partial charge in [-0.15, -0.1) is 0 Å². The summed E-state index contributed by atoms with van der Waals surface area (Å²) in [5.41, 5.74) is 2.36. The van der Waals surface area contributed by atoms with Crippen molar-refractivity contribution in [1.82, 2.24) is 4.90 Å². The van der Waals surface area contributed by atoms with Crippen LogP contribution in [0, 0.1) is 5.92 Å². The molecule has 0 saturated carbocycles. The lowest BCUT2D eigenvalue weighted by atomic mass is 9.94. The highest BCUT2D eigenvalue weighted by molar-refractivity contribution is 6.46. The summed E-state index contributed by atoms with van der Waals surface area (Å²) in [6, 6.07) is 14.0. The van der Waals surface area contributed by atoms with Crippen molar-refractivity contribution in [3.05, 3.63) is 70.8 Å². The van der Waals surface area contributed by atoms with E-state index in [2.05, 4.69) is 20.8 Å². The molecule has 2 saturated heterocycles. The Morgan fingerprint density at radius 1 is 1.08 bits per heavy atom. The van der Waals surface area contributed by atoms with Gasteiger partial charge in [-0.3, -0.25) is 9.59 Å². The molecule has 4 rings (SSSR count). The number of nitrogens with zero attached hydrogens (tertiary/aromatic N) is 1. The quantitative estimate of drug-likeness (QED) is 0.302. The summed E-state index contributed by atoms with van der Waals surface area (Å²) in [6.07, 6.45) is 1.64. The Labute approximate surface area is 219 Å². The van der Waals surface area contributed by atoms with Gasteiger partial charge in [0.25, 0.3) is 5.91 Å². The van der Waals surface area contributed by atoms with Crippen LogP contribution >= 0.6 is 0 Å². The van der Waals surface area contributed by atoms with Crippen LogP contribution < -0.4 is 14.7 Å². The fraction of sp³-hybridized carbons (Fsp3) is 0.467. The van der Waals surface area contributed by atoms with E-state index in [-0.39, 0.29) is 5.57 Å². The van der Waals surface area contributed by atoms with Crippen LogP contribution in [0.2, 0.25) is 0 Å². The molecule has 1 atom stereocenters. The van der Waals surface area contributed by atoms with Crippen LogP contribution in [0.1, 0.15) is 49.9 Å². The molecular formula is C30H38N2O5. The molecule has 198 valence electrons. The summed E-state index contributed by atoms with van der Waals surface area (Å²) in [5, 5.41) is 13.7. The average Bonchev–Trinajstić information content (AvgIpc) is 3.17. The fourth-order valence-electron chi connectivity index (χ4n) is 4.91. The molecule has 0 aromatic heterocycles. The monoisotopic (exact) mass is 506 g/mol. The van der Waals surface area contributed by atoms with Crippen molar-refractivity contribution in [3.63, 3.8) is 0 Å². The van der Waals surface area contributed by atoms with Gasteiger partial charge in [-0.1, -0.05) is 62.9 Å². The Morgan fingerprint density at radius 2 is 1.76 bits per heavy atom. The molecule has 7 heteroatoms. The molecule has 1 unspecified atom stereocenters. The van der Waals surface area contributed by atoms with E-state index < -0.39 is 23.5 Å². The second-order valence-corrected chi connectivity index (χ2v) is 10.3. The maximum absolute atomic E-state index is 13.7. The topological polar surface area (TPSA) is 83.3 Å². The van der Waals surface area contributed by atoms with Crippen LogP contribution in [0.4, 0.5) is 0 Å². The molecule has 2 heterocycles. The first-order valence-electron chi connectivity index (χ1n) is 13.4. The minimum absolute atomic E-state index is 0.0313. The number of likely N-dealkylation sites (tertiary alicyclic amines) is 1. The molecule has 0 radical (unpaired) electrons. The number of Topliss-reactive ketones (excluding diaryl/α,β-unsaturated/α-hetero) is 1. The number of ketones is 1. The summed E-state index contributed by atoms with van der Waals surface area (Å²) in [7, 11) is 0. The second-order valence-electron chi connectivity index (χ2n) is 10.3. The Hall–Kier alpha value is -3.16. The van der Waals surface area contributed by atoms with Crippen molar-refractivity contribution in [1.29, 1.82) is 0 Å². The van der Waals surface area contributed by atoms with Gasteiger partial charge in [-0.05, 0) is 41.2 Å². The molecule has 7 nitrogen and oxygen atoms in total. The minimum Gasteiger partial charge on any atom is -0.872 e. The number of hydrogen-bond donors (Lipinski definition) is 1. The van der Waals surface area contributed by atoms with Crippen LogP contribution in [-0.4, -0.2) is 62.6 Å². The first-order chi connectivity index (χ1) is 17.9. The van der Waals surface area contributed by atoms with Crippen molar-refractivity contribution in [2.24, 2.45) is 5.92 Å². The SMILES string of the molecule is CCc1ccc(C2C(=C([O-])c3ccc(OCC(C)C)cc3)C(=O)C(=O)N2CCC[NH+]2CCOCC2)cc1. The van der Waals surface area contributed by atoms with Gasteiger partial charge in [-0.25, -0.2) is 0 Å². The predicted molar refractivity (Wildman–Crippen MR) is 140 cm³/mol. The number of amides is 1. The number of carbonyl (C=O) groups is 2. The predicted octanol–water partition coefficient (Wildman–Crippen LogP) is 1.81. The molecule has 0 spiro atoms. The highest BCUT2D eigenvalue weighted by Gasteiger charge is 2.44. The van der Waals surface area contributed by atoms with Gasteiger partial charge < -0.3 is 24.4 Å². The molecule has 2 aromatic rings. The highest BCUT2D eigenvalue weighted by Crippen LogP contribution is 2.39. The normalized spacial score (nSPS) is 20.1. The van der Waals surface area contributed by atoms with E-state index in [4.69, 9.17) is 9.47 Å². The van der Waals surface area contributed by atoms with Crippen molar-refractivity contribution in [3.8, 4) is 5.75 Å². The Kier molecular flexibility index (Phi) is 9.00. The van der Waals surface area contributed by atoms with Gasteiger partial charge in [0.2, 0.25) is 5.78 Å². The molecule has 1 amide bonds. The number of ether oxygens (including phenoxy) is 2. The molecule has 0 aliphatic carbocycles. The zero-order chi connectivity index (χ0) is 26.4. The molecule has 0 bridgehead atoms. The third-order valence-corrected chi connectivity index (χ3v) is 7.06. The van der Waals surface area contributed by atoms with E-state index in [0.29, 0.717) is 30.4 Å². The zero-order valence-corrected chi connectivity index (χ0v) is 22.1. The van der Waals surface area contributed by atoms with Crippen molar-refractivity contribution < 1.29 is 29.1 Å². The number of benzene rings is 2. The molecular weight excluding hydrogens is 468 g/mol. The molecule has 2 fully saturated rings. The Bertz CT molecular complexity index is 1100. The molecule has 2 aliphatic heterocycles. The van der Waals surface area contributed by atoms with Crippen molar-refractivity contribution >= 4 is 17.4 Å². The number of morpholine rings is 1. The van der Waals surface area contributed by atoms with Gasteiger partial charge in [0.15, 0.2) is 0 Å². The number of quaternary nitrogens is 1. The van der Waals surface area contributed by atoms with Gasteiger partial charge in [0, 0.05) is 18.5 Å². The molecule has 1 N–H and O–H groups in total. The number of aryl methyl sites for hydroxylation is 1. The smallest absolute Gasteiger partial charge is 0.295 e. The third-order valence-electron chi connectivity index (χ3n) is 7.06. The summed E-state index contributed by atoms with van der Waals surface area (Å²) >= 11 is 0. The van der Waals surface area contributed by atoms with Crippen molar-refractivity contribution in [2.45, 2.75) is 39.7 Å². The summed E-state index contributed by atoms with van der Waals surface area (Å²) in [6.45, 7) is 11.5. The van der Waals surface area contributed by atoms with E-state index in [1.807, 2.05) is 24.3 Å². The number of carbonyl (C=O) groups excluding carboxylic acids is 2. The van der Waals surface area contributed by atoms with Gasteiger partial charge in [0.05, 0.1) is 32.4 Å². The zero-order valence-electron chi connectivity index (χ0n) is 22.1. The molecule has 2 aromatic carbocycles. The Balaban J connectivity index is 1.62. The number of nitrogens with one attached hydrogen (secondary N) is 1. The van der Waals surface area contributed by atoms with E-state index in [1.165, 1.54) is 4.90 Å². The second kappa shape index (κ2) is 12.4. The maximum atomic E-state index is 13.7. The first kappa shape index (κ1) is 26.9. The highest BCUT2D eigenvalue weighted by atomic mass is 16.5. The van der Waals surface area contributed by atoms with Crippen molar-refractivity contribution in [2.75, 3.05) is 46.0 Å². The summed E-state index contributed by atoms with van der Waals surface area (Å²) in [5.74, 6) is -0.646. The van der Waals surface area contributed by atoms with E-state index in [9.17, 15) is 14.7 Å². The number of rotatable bonds is 10. The lowest BCUT2D eigenvalue weighted by Crippen LogP contribution is -3.14. The Morgan fingerprint density at radius 3 is 2.38 bits per heavy atom. The molecule has 2 aliphatic rings. The van der Waals surface area contributed by atoms with Crippen LogP contribution in [0.3, 0.4) is 0 Å². The van der Waals surface area contributed by atoms with Crippen LogP contribution in [0.5, 0.6) is 5.75 Å². The van der Waals surface area contributed by atoms with Crippen LogP contribution in [-0.2, 0) is 20.7 Å². The summed E-state index contributed by atoms with van der Waals surface area (Å²) < 4.78 is 11.2.